The van der Waals surface area contributed by atoms with Crippen LogP contribution in [0.15, 0.2) is 47.6 Å². The Morgan fingerprint density at radius 3 is 2.36 bits per heavy atom. The van der Waals surface area contributed by atoms with Gasteiger partial charge < -0.3 is 4.57 Å². The number of allylic oxidation sites excluding steroid dienone is 2. The van der Waals surface area contributed by atoms with E-state index in [2.05, 4.69) is 21.8 Å². The predicted molar refractivity (Wildman–Crippen MR) is 107 cm³/mol. The molecule has 1 aromatic carbocycles. The number of hydrazone groups is 1. The smallest absolute Gasteiger partial charge is 0.254 e. The van der Waals surface area contributed by atoms with E-state index in [1.807, 2.05) is 44.2 Å². The van der Waals surface area contributed by atoms with Gasteiger partial charge in [-0.05, 0) is 50.3 Å². The Labute approximate surface area is 168 Å². The molecule has 0 radical (unpaired) electrons. The second-order valence-corrected chi connectivity index (χ2v) is 8.25. The van der Waals surface area contributed by atoms with Gasteiger partial charge in [-0.1, -0.05) is 35.9 Å². The molecule has 0 spiro atoms. The van der Waals surface area contributed by atoms with Gasteiger partial charge in [0, 0.05) is 17.0 Å². The number of imide groups is 1. The molecule has 1 saturated heterocycles. The maximum atomic E-state index is 12.8. The zero-order valence-corrected chi connectivity index (χ0v) is 16.4. The number of rotatable bonds is 3. The Hall–Kier alpha value is -2.66. The number of aryl methyl sites for hydroxylation is 1. The summed E-state index contributed by atoms with van der Waals surface area (Å²) in [6, 6.07) is 9.63. The van der Waals surface area contributed by atoms with E-state index < -0.39 is 0 Å². The second-order valence-electron chi connectivity index (χ2n) is 7.85. The van der Waals surface area contributed by atoms with Crippen molar-refractivity contribution in [1.29, 1.82) is 0 Å². The van der Waals surface area contributed by atoms with Gasteiger partial charge in [-0.25, -0.2) is 0 Å². The minimum atomic E-state index is -0.227. The highest BCUT2D eigenvalue weighted by Crippen LogP contribution is 2.52. The first-order valence-electron chi connectivity index (χ1n) is 9.51. The number of nitrogens with zero attached hydrogens (tertiary/aromatic N) is 3. The van der Waals surface area contributed by atoms with Crippen molar-refractivity contribution in [2.24, 2.45) is 28.8 Å². The number of halogens is 1. The third-order valence-corrected chi connectivity index (χ3v) is 6.64. The number of aromatic nitrogens is 1. The minimum Gasteiger partial charge on any atom is -0.316 e. The van der Waals surface area contributed by atoms with Crippen LogP contribution in [0.25, 0.3) is 5.69 Å². The first kappa shape index (κ1) is 17.4. The molecule has 2 aliphatic carbocycles. The van der Waals surface area contributed by atoms with Gasteiger partial charge in [-0.3, -0.25) is 9.59 Å². The maximum absolute atomic E-state index is 12.8. The number of carbonyl (C=O) groups is 2. The first-order chi connectivity index (χ1) is 13.5. The van der Waals surface area contributed by atoms with Crippen LogP contribution in [-0.4, -0.2) is 27.6 Å². The number of amides is 2. The summed E-state index contributed by atoms with van der Waals surface area (Å²) in [5.74, 6) is -0.398. The third kappa shape index (κ3) is 2.35. The van der Waals surface area contributed by atoms with E-state index in [-0.39, 0.29) is 35.5 Å². The Kier molecular flexibility index (Phi) is 3.85. The highest BCUT2D eigenvalue weighted by molar-refractivity contribution is 6.32. The van der Waals surface area contributed by atoms with Gasteiger partial charge in [0.1, 0.15) is 0 Å². The first-order valence-corrected chi connectivity index (χ1v) is 9.89. The van der Waals surface area contributed by atoms with Gasteiger partial charge in [0.05, 0.1) is 28.8 Å². The number of para-hydroxylation sites is 1. The standard InChI is InChI=1S/C22H20ClN3O2/c1-12-9-16(13(2)25(12)18-6-4-3-5-17(18)23)11-24-26-21(27)19-14-7-8-15(10-14)20(19)22(26)28/h3-9,11,14-15,19-20H,10H2,1-2H3/t14-,15-,19-,20+/m0/s1. The van der Waals surface area contributed by atoms with Gasteiger partial charge in [0.15, 0.2) is 0 Å². The summed E-state index contributed by atoms with van der Waals surface area (Å²) in [5, 5.41) is 6.05. The average molecular weight is 394 g/mol. The molecule has 0 unspecified atom stereocenters. The van der Waals surface area contributed by atoms with E-state index in [4.69, 9.17) is 11.6 Å². The molecule has 5 nitrogen and oxygen atoms in total. The molecule has 1 aliphatic heterocycles. The van der Waals surface area contributed by atoms with Crippen molar-refractivity contribution in [3.63, 3.8) is 0 Å². The molecule has 1 saturated carbocycles. The van der Waals surface area contributed by atoms with E-state index in [0.29, 0.717) is 5.02 Å². The lowest BCUT2D eigenvalue weighted by molar-refractivity contribution is -0.140. The zero-order chi connectivity index (χ0) is 19.6. The van der Waals surface area contributed by atoms with Crippen LogP contribution in [0.5, 0.6) is 0 Å². The van der Waals surface area contributed by atoms with Gasteiger partial charge in [-0.15, -0.1) is 0 Å². The zero-order valence-electron chi connectivity index (χ0n) is 15.7. The summed E-state index contributed by atoms with van der Waals surface area (Å²) >= 11 is 6.36. The van der Waals surface area contributed by atoms with Gasteiger partial charge >= 0.3 is 0 Å². The summed E-state index contributed by atoms with van der Waals surface area (Å²) in [6.45, 7) is 3.97. The van der Waals surface area contributed by atoms with Gasteiger partial charge in [0.25, 0.3) is 11.8 Å². The van der Waals surface area contributed by atoms with Crippen molar-refractivity contribution in [2.75, 3.05) is 0 Å². The van der Waals surface area contributed by atoms with Crippen LogP contribution in [-0.2, 0) is 9.59 Å². The monoisotopic (exact) mass is 393 g/mol. The largest absolute Gasteiger partial charge is 0.316 e. The highest BCUT2D eigenvalue weighted by atomic mass is 35.5. The molecule has 1 aromatic heterocycles. The quantitative estimate of drug-likeness (QED) is 0.451. The SMILES string of the molecule is Cc1cc(C=NN2C(=O)[C@@H]3[C@H](C2=O)[C@H]2C=C[C@H]3C2)c(C)n1-c1ccccc1Cl. The second kappa shape index (κ2) is 6.17. The molecule has 0 N–H and O–H groups in total. The molecule has 6 heteroatoms. The molecule has 2 amide bonds. The molecule has 2 heterocycles. The van der Waals surface area contributed by atoms with Crippen LogP contribution >= 0.6 is 11.6 Å². The minimum absolute atomic E-state index is 0.164. The average Bonchev–Trinajstić information content (AvgIpc) is 3.40. The molecule has 142 valence electrons. The maximum Gasteiger partial charge on any atom is 0.254 e. The van der Waals surface area contributed by atoms with Crippen molar-refractivity contribution < 1.29 is 9.59 Å². The predicted octanol–water partition coefficient (Wildman–Crippen LogP) is 3.89. The lowest BCUT2D eigenvalue weighted by Gasteiger charge is -2.13. The Bertz CT molecular complexity index is 1040. The Morgan fingerprint density at radius 1 is 1.07 bits per heavy atom. The highest BCUT2D eigenvalue weighted by Gasteiger charge is 2.59. The molecule has 5 rings (SSSR count). The third-order valence-electron chi connectivity index (χ3n) is 6.32. The van der Waals surface area contributed by atoms with Crippen LogP contribution < -0.4 is 0 Å². The number of carbonyl (C=O) groups excluding carboxylic acids is 2. The topological polar surface area (TPSA) is 54.7 Å². The number of hydrogen-bond donors (Lipinski definition) is 0. The number of benzene rings is 1. The van der Waals surface area contributed by atoms with Crippen molar-refractivity contribution in [1.82, 2.24) is 9.58 Å². The van der Waals surface area contributed by atoms with E-state index in [9.17, 15) is 9.59 Å². The fourth-order valence-corrected chi connectivity index (χ4v) is 5.26. The summed E-state index contributed by atoms with van der Waals surface area (Å²) in [7, 11) is 0. The molecule has 28 heavy (non-hydrogen) atoms. The fraction of sp³-hybridized carbons (Fsp3) is 0.318. The van der Waals surface area contributed by atoms with Crippen LogP contribution in [0.4, 0.5) is 0 Å². The summed E-state index contributed by atoms with van der Waals surface area (Å²) in [6.07, 6.45) is 6.70. The van der Waals surface area contributed by atoms with Gasteiger partial charge in [-0.2, -0.15) is 10.1 Å². The molecule has 2 aromatic rings. The van der Waals surface area contributed by atoms with Crippen LogP contribution in [0.1, 0.15) is 23.4 Å². The Morgan fingerprint density at radius 2 is 1.71 bits per heavy atom. The number of hydrogen-bond acceptors (Lipinski definition) is 3. The molecule has 3 aliphatic rings. The summed E-state index contributed by atoms with van der Waals surface area (Å²) in [4.78, 5) is 25.5. The Balaban J connectivity index is 1.46. The fourth-order valence-electron chi connectivity index (χ4n) is 5.04. The van der Waals surface area contributed by atoms with E-state index >= 15 is 0 Å². The van der Waals surface area contributed by atoms with Crippen LogP contribution in [0.2, 0.25) is 5.02 Å². The molecular formula is C22H20ClN3O2. The van der Waals surface area contributed by atoms with Crippen molar-refractivity contribution in [3.8, 4) is 5.69 Å². The van der Waals surface area contributed by atoms with E-state index in [1.165, 1.54) is 0 Å². The van der Waals surface area contributed by atoms with E-state index in [1.54, 1.807) is 6.21 Å². The van der Waals surface area contributed by atoms with E-state index in [0.717, 1.165) is 34.1 Å². The summed E-state index contributed by atoms with van der Waals surface area (Å²) in [5.41, 5.74) is 3.71. The van der Waals surface area contributed by atoms with Crippen LogP contribution in [0.3, 0.4) is 0 Å². The normalized spacial score (nSPS) is 28.2. The number of fused-ring (bicyclic) bond motifs is 5. The van der Waals surface area contributed by atoms with Crippen molar-refractivity contribution in [2.45, 2.75) is 20.3 Å². The molecule has 2 fully saturated rings. The summed E-state index contributed by atoms with van der Waals surface area (Å²) < 4.78 is 2.05. The lowest BCUT2D eigenvalue weighted by Crippen LogP contribution is -2.28. The molecule has 2 bridgehead atoms. The lowest BCUT2D eigenvalue weighted by atomic mass is 9.85. The van der Waals surface area contributed by atoms with Crippen molar-refractivity contribution >= 4 is 29.6 Å². The van der Waals surface area contributed by atoms with Gasteiger partial charge in [0.2, 0.25) is 0 Å². The van der Waals surface area contributed by atoms with Crippen LogP contribution in [0, 0.1) is 37.5 Å². The molecular weight excluding hydrogens is 374 g/mol. The van der Waals surface area contributed by atoms with Crippen molar-refractivity contribution in [3.05, 3.63) is 64.5 Å². The molecule has 4 atom stereocenters.